The van der Waals surface area contributed by atoms with E-state index in [1.807, 2.05) is 36.4 Å². The predicted molar refractivity (Wildman–Crippen MR) is 472 cm³/mol. The Labute approximate surface area is 717 Å². The van der Waals surface area contributed by atoms with Crippen LogP contribution in [0, 0.1) is 20.8 Å². The summed E-state index contributed by atoms with van der Waals surface area (Å²) in [6, 6.07) is 22.0. The van der Waals surface area contributed by atoms with Gasteiger partial charge in [0.25, 0.3) is 23.6 Å². The van der Waals surface area contributed by atoms with Gasteiger partial charge in [-0.25, -0.2) is 0 Å². The number of hydrogen-bond donors (Lipinski definition) is 0. The van der Waals surface area contributed by atoms with Crippen LogP contribution in [-0.2, 0) is 52.6 Å². The molecule has 0 bridgehead atoms. The van der Waals surface area contributed by atoms with E-state index >= 15 is 19.2 Å². The molecule has 0 atom stereocenters. The second-order valence-electron chi connectivity index (χ2n) is 33.7. The smallest absolute Gasteiger partial charge is 0.261 e. The number of nitrogens with zero attached hydrogens (tertiary/aromatic N) is 14. The van der Waals surface area contributed by atoms with Gasteiger partial charge < -0.3 is 39.8 Å². The molecule has 7 aromatic carbocycles. The number of fused-ring (bicyclic) bond motifs is 2. The van der Waals surface area contributed by atoms with E-state index in [2.05, 4.69) is 62.4 Å². The van der Waals surface area contributed by atoms with E-state index in [4.69, 9.17) is 18.9 Å². The third-order valence-electron chi connectivity index (χ3n) is 24.4. The SMILES string of the molecule is CCCCCCCCCCCCN1C(=O)c2ccc3c4c(-c5ccc(OCc6cn(CCCCCC)n[n+]6[O-])c(OCc6cn(CCCCCC)n[n+]6[O-])c5)cc5c6c(ccc(c7c(-c8ccc(OCc9cn(CCCCCC)n[n+]9[O-])c(OCc9cn(CCCCCC)n[n+]9[O-])c8)cc(c2c37)C1=O)c64)C(=O)N(CCCCCCCCCCCC)C5=O. The molecule has 6 heterocycles. The molecule has 122 heavy (non-hydrogen) atoms. The van der Waals surface area contributed by atoms with Gasteiger partial charge >= 0.3 is 0 Å². The molecule has 11 aromatic rings. The van der Waals surface area contributed by atoms with Gasteiger partial charge in [0.1, 0.15) is 26.2 Å². The molecule has 0 spiro atoms. The molecule has 26 heteroatoms. The first-order valence-corrected chi connectivity index (χ1v) is 46.1. The number of carbonyl (C=O) groups excluding carboxylic acids is 4. The summed E-state index contributed by atoms with van der Waals surface area (Å²) in [7, 11) is 0. The maximum atomic E-state index is 16.0. The van der Waals surface area contributed by atoms with Crippen LogP contribution in [-0.4, -0.2) is 86.1 Å². The normalized spacial score (nSPS) is 12.9. The summed E-state index contributed by atoms with van der Waals surface area (Å²) in [5.41, 5.74) is 4.44. The Kier molecular flexibility index (Phi) is 31.8. The molecule has 652 valence electrons. The molecule has 0 unspecified atom stereocenters. The first kappa shape index (κ1) is 88.9. The van der Waals surface area contributed by atoms with Crippen molar-refractivity contribution in [3.63, 3.8) is 0 Å². The molecule has 26 nitrogen and oxygen atoms in total. The van der Waals surface area contributed by atoms with Crippen LogP contribution in [0.25, 0.3) is 65.3 Å². The lowest BCUT2D eigenvalue weighted by molar-refractivity contribution is -0.680. The molecular formula is C96H126N14O12. The molecule has 4 amide bonds. The quantitative estimate of drug-likeness (QED) is 0.00854. The Bertz CT molecular complexity index is 5030. The Morgan fingerprint density at radius 2 is 0.516 bits per heavy atom. The highest BCUT2D eigenvalue weighted by Crippen LogP contribution is 2.53. The molecule has 0 radical (unpaired) electrons. The standard InChI is InChI=1S/C96H126N14O12/c1-7-13-19-25-27-29-31-33-35-41-55-105-93(111)77-47-45-75-88-80(70-44-50-84(120-66-72-62-102(98-108(72)116)52-38-22-16-10-4)86(58-70)122-68-74-64-104(100-110(74)118)54-40-24-18-12-6)60-82-90-78(94(112)106(96(82)114)56-42-36-34-32-30-28-26-20-14-8-2)48-46-76(92(88)90)87-79(59-81(95(105)113)89(77)91(75)87)69-43-49-83(119-65-71-61-101(97-107(71)115)51-37-21-15-9-3)85(57-69)121-67-73-63-103(99-109(73)117)53-39-23-17-11-5/h43-50,57-64H,7-42,51-56,65-68H2,1-6H3. The van der Waals surface area contributed by atoms with Gasteiger partial charge in [-0.3, -0.25) is 29.0 Å². The van der Waals surface area contributed by atoms with Crippen LogP contribution in [0.5, 0.6) is 23.0 Å². The van der Waals surface area contributed by atoms with E-state index in [1.54, 1.807) is 79.9 Å². The number of aromatic nitrogens is 12. The van der Waals surface area contributed by atoms with Gasteiger partial charge in [-0.2, -0.15) is 0 Å². The van der Waals surface area contributed by atoms with Gasteiger partial charge in [-0.05, 0) is 167 Å². The highest BCUT2D eigenvalue weighted by atomic mass is 16.5. The van der Waals surface area contributed by atoms with Crippen LogP contribution in [0.15, 0.2) is 97.6 Å². The minimum absolute atomic E-state index is 0.193. The summed E-state index contributed by atoms with van der Waals surface area (Å²) in [4.78, 5) is 68.2. The summed E-state index contributed by atoms with van der Waals surface area (Å²) in [5, 5.41) is 76.0. The highest BCUT2D eigenvalue weighted by Gasteiger charge is 2.39. The number of benzene rings is 7. The van der Waals surface area contributed by atoms with Gasteiger partial charge in [0.05, 0.1) is 20.9 Å². The fourth-order valence-corrected chi connectivity index (χ4v) is 17.6. The van der Waals surface area contributed by atoms with Crippen molar-refractivity contribution in [3.8, 4) is 45.3 Å². The number of aryl methyl sites for hydroxylation is 4. The lowest BCUT2D eigenvalue weighted by Crippen LogP contribution is -2.41. The molecule has 0 fully saturated rings. The number of unbranched alkanes of at least 4 members (excludes halogenated alkanes) is 30. The number of ether oxygens (including phenoxy) is 4. The topological polar surface area (TPSA) is 291 Å². The number of amides is 4. The first-order chi connectivity index (χ1) is 59.6. The van der Waals surface area contributed by atoms with Crippen LogP contribution >= 0.6 is 0 Å². The molecule has 13 rings (SSSR count). The molecular weight excluding hydrogens is 1540 g/mol. The first-order valence-electron chi connectivity index (χ1n) is 46.1. The van der Waals surface area contributed by atoms with Crippen LogP contribution in [0.4, 0.5) is 0 Å². The second-order valence-corrected chi connectivity index (χ2v) is 33.7. The maximum Gasteiger partial charge on any atom is 0.261 e. The lowest BCUT2D eigenvalue weighted by Gasteiger charge is -2.32. The van der Waals surface area contributed by atoms with E-state index in [0.29, 0.717) is 135 Å². The molecule has 4 aromatic heterocycles. The van der Waals surface area contributed by atoms with Crippen molar-refractivity contribution in [3.05, 3.63) is 163 Å². The predicted octanol–water partition coefficient (Wildman–Crippen LogP) is 20.1. The van der Waals surface area contributed by atoms with Gasteiger partial charge in [0, 0.05) is 46.1 Å². The van der Waals surface area contributed by atoms with Crippen molar-refractivity contribution in [2.45, 2.75) is 325 Å². The van der Waals surface area contributed by atoms with Crippen LogP contribution < -0.4 is 38.3 Å². The van der Waals surface area contributed by atoms with Crippen molar-refractivity contribution in [1.29, 1.82) is 0 Å². The van der Waals surface area contributed by atoms with Gasteiger partial charge in [0.15, 0.2) is 74.2 Å². The van der Waals surface area contributed by atoms with E-state index < -0.39 is 23.6 Å². The Morgan fingerprint density at radius 3 is 0.811 bits per heavy atom. The Morgan fingerprint density at radius 1 is 0.262 bits per heavy atom. The van der Waals surface area contributed by atoms with Crippen molar-refractivity contribution < 1.29 is 57.5 Å². The van der Waals surface area contributed by atoms with Gasteiger partial charge in [-0.15, -0.1) is 38.1 Å². The number of rotatable bonds is 56. The Balaban J connectivity index is 0.986. The zero-order valence-corrected chi connectivity index (χ0v) is 72.9. The molecule has 2 aliphatic heterocycles. The molecule has 0 N–H and O–H groups in total. The lowest BCUT2D eigenvalue weighted by atomic mass is 9.77. The van der Waals surface area contributed by atoms with Crippen molar-refractivity contribution >= 4 is 66.7 Å². The van der Waals surface area contributed by atoms with Crippen LogP contribution in [0.1, 0.15) is 337 Å². The fourth-order valence-electron chi connectivity index (χ4n) is 17.6. The Hall–Kier alpha value is -10.9. The minimum atomic E-state index is -0.459. The van der Waals surface area contributed by atoms with Crippen LogP contribution in [0.3, 0.4) is 0 Å². The summed E-state index contributed by atoms with van der Waals surface area (Å²) in [6.45, 7) is 14.8. The van der Waals surface area contributed by atoms with E-state index in [-0.39, 0.29) is 96.4 Å². The molecule has 0 saturated carbocycles. The molecule has 0 saturated heterocycles. The second kappa shape index (κ2) is 43.7. The number of imide groups is 2. The number of carbonyl (C=O) groups is 4. The van der Waals surface area contributed by atoms with Crippen molar-refractivity contribution in [2.75, 3.05) is 13.1 Å². The number of hydrogen-bond acceptors (Lipinski definition) is 16. The van der Waals surface area contributed by atoms with Crippen LogP contribution in [0.2, 0.25) is 0 Å². The average Bonchev–Trinajstić information content (AvgIpc) is 0.798. The maximum absolute atomic E-state index is 16.0. The third-order valence-corrected chi connectivity index (χ3v) is 24.4. The summed E-state index contributed by atoms with van der Waals surface area (Å²) in [5.74, 6) is -0.884. The average molecular weight is 1670 g/mol. The minimum Gasteiger partial charge on any atom is -0.691 e. The van der Waals surface area contributed by atoms with Crippen molar-refractivity contribution in [1.82, 2.24) is 49.4 Å². The third kappa shape index (κ3) is 21.2. The van der Waals surface area contributed by atoms with E-state index in [0.717, 1.165) is 154 Å². The molecule has 0 aliphatic carbocycles. The molecule has 2 aliphatic rings. The summed E-state index contributed by atoms with van der Waals surface area (Å²) < 4.78 is 33.3. The van der Waals surface area contributed by atoms with Gasteiger partial charge in [-0.1, -0.05) is 233 Å². The van der Waals surface area contributed by atoms with E-state index in [9.17, 15) is 20.8 Å². The zero-order valence-electron chi connectivity index (χ0n) is 72.9. The van der Waals surface area contributed by atoms with E-state index in [1.165, 1.54) is 74.0 Å². The summed E-state index contributed by atoms with van der Waals surface area (Å²) >= 11 is 0. The highest BCUT2D eigenvalue weighted by molar-refractivity contribution is 6.44. The van der Waals surface area contributed by atoms with Gasteiger partial charge in [0.2, 0.25) is 22.8 Å². The van der Waals surface area contributed by atoms with Crippen molar-refractivity contribution in [2.24, 2.45) is 0 Å². The summed E-state index contributed by atoms with van der Waals surface area (Å²) in [6.07, 6.45) is 43.9. The zero-order chi connectivity index (χ0) is 85.4. The monoisotopic (exact) mass is 1670 g/mol. The fraction of sp³-hybridized carbons (Fsp3) is 0.542. The largest absolute Gasteiger partial charge is 0.691 e.